The van der Waals surface area contributed by atoms with Gasteiger partial charge in [0.2, 0.25) is 11.8 Å². The van der Waals surface area contributed by atoms with Gasteiger partial charge in [0.25, 0.3) is 0 Å². The van der Waals surface area contributed by atoms with Crippen molar-refractivity contribution in [3.8, 4) is 0 Å². The molecule has 0 spiro atoms. The molecule has 2 heterocycles. The van der Waals surface area contributed by atoms with Crippen molar-refractivity contribution in [1.82, 2.24) is 14.7 Å². The summed E-state index contributed by atoms with van der Waals surface area (Å²) in [4.78, 5) is 26.8. The molecule has 0 aromatic carbocycles. The fourth-order valence-corrected chi connectivity index (χ4v) is 4.81. The number of nitrogens with one attached hydrogen (secondary N) is 1. The van der Waals surface area contributed by atoms with Gasteiger partial charge in [-0.3, -0.25) is 14.3 Å². The van der Waals surface area contributed by atoms with Crippen molar-refractivity contribution in [3.05, 3.63) is 12.4 Å². The van der Waals surface area contributed by atoms with Gasteiger partial charge in [-0.25, -0.2) is 0 Å². The van der Waals surface area contributed by atoms with E-state index in [0.717, 1.165) is 25.7 Å². The van der Waals surface area contributed by atoms with E-state index in [0.29, 0.717) is 43.8 Å². The third-order valence-electron chi connectivity index (χ3n) is 6.35. The molecule has 148 valence electrons. The lowest BCUT2D eigenvalue weighted by Gasteiger charge is -2.43. The number of amides is 2. The Labute approximate surface area is 159 Å². The lowest BCUT2D eigenvalue weighted by Crippen LogP contribution is -2.48. The van der Waals surface area contributed by atoms with Gasteiger partial charge in [-0.05, 0) is 37.5 Å². The summed E-state index contributed by atoms with van der Waals surface area (Å²) >= 11 is 0. The van der Waals surface area contributed by atoms with Crippen LogP contribution in [-0.2, 0) is 20.9 Å². The Balaban J connectivity index is 1.31. The molecule has 1 aromatic heterocycles. The summed E-state index contributed by atoms with van der Waals surface area (Å²) < 4.78 is 6.85. The maximum absolute atomic E-state index is 12.7. The van der Waals surface area contributed by atoms with Gasteiger partial charge in [0, 0.05) is 31.2 Å². The fourth-order valence-electron chi connectivity index (χ4n) is 4.81. The van der Waals surface area contributed by atoms with E-state index in [4.69, 9.17) is 10.5 Å². The molecule has 1 saturated heterocycles. The number of carbonyl (C=O) groups is 2. The van der Waals surface area contributed by atoms with Crippen molar-refractivity contribution in [2.45, 2.75) is 44.7 Å². The first-order valence-corrected chi connectivity index (χ1v) is 10.0. The molecule has 2 saturated carbocycles. The van der Waals surface area contributed by atoms with Gasteiger partial charge in [-0.15, -0.1) is 0 Å². The summed E-state index contributed by atoms with van der Waals surface area (Å²) in [7, 11) is 0. The van der Waals surface area contributed by atoms with E-state index in [-0.39, 0.29) is 30.3 Å². The third-order valence-corrected chi connectivity index (χ3v) is 6.35. The Morgan fingerprint density at radius 1 is 1.22 bits per heavy atom. The van der Waals surface area contributed by atoms with Crippen LogP contribution in [0.25, 0.3) is 0 Å². The van der Waals surface area contributed by atoms with Crippen LogP contribution < -0.4 is 11.1 Å². The van der Waals surface area contributed by atoms with E-state index in [2.05, 4.69) is 10.4 Å². The van der Waals surface area contributed by atoms with Gasteiger partial charge < -0.3 is 20.7 Å². The van der Waals surface area contributed by atoms with E-state index in [9.17, 15) is 9.59 Å². The Bertz CT molecular complexity index is 671. The molecular weight excluding hydrogens is 346 g/mol. The van der Waals surface area contributed by atoms with Crippen molar-refractivity contribution in [2.24, 2.45) is 23.5 Å². The number of nitrogens with two attached hydrogens (primary N) is 1. The summed E-state index contributed by atoms with van der Waals surface area (Å²) in [6.07, 6.45) is 8.62. The molecule has 2 bridgehead atoms. The molecule has 2 aliphatic carbocycles. The van der Waals surface area contributed by atoms with Gasteiger partial charge in [-0.2, -0.15) is 5.10 Å². The molecule has 8 heteroatoms. The van der Waals surface area contributed by atoms with Gasteiger partial charge in [0.05, 0.1) is 25.1 Å². The number of carbonyl (C=O) groups excluding carboxylic acids is 2. The highest BCUT2D eigenvalue weighted by molar-refractivity contribution is 5.92. The summed E-state index contributed by atoms with van der Waals surface area (Å²) in [5.74, 6) is 1.05. The maximum atomic E-state index is 12.7. The standard InChI is InChI=1S/C19H29N5O3/c20-18-13-2-1-3-14(18)9-15(8-13)19(26)22-16-10-21-24(11-16)12-17(25)23-4-6-27-7-5-23/h10-11,13-15,18H,1-9,12,20H2,(H,22,26). The highest BCUT2D eigenvalue weighted by Gasteiger charge is 2.40. The van der Waals surface area contributed by atoms with Crippen LogP contribution in [0.1, 0.15) is 32.1 Å². The number of hydrogen-bond donors (Lipinski definition) is 2. The highest BCUT2D eigenvalue weighted by atomic mass is 16.5. The Morgan fingerprint density at radius 2 is 1.93 bits per heavy atom. The van der Waals surface area contributed by atoms with Gasteiger partial charge >= 0.3 is 0 Å². The molecule has 3 N–H and O–H groups in total. The van der Waals surface area contributed by atoms with E-state index >= 15 is 0 Å². The Morgan fingerprint density at radius 3 is 2.63 bits per heavy atom. The summed E-state index contributed by atoms with van der Waals surface area (Å²) in [5, 5.41) is 7.20. The Hall–Kier alpha value is -1.93. The minimum atomic E-state index is 0.0216. The van der Waals surface area contributed by atoms with E-state index in [1.165, 1.54) is 6.42 Å². The zero-order chi connectivity index (χ0) is 18.8. The number of anilines is 1. The van der Waals surface area contributed by atoms with Crippen LogP contribution in [0.15, 0.2) is 12.4 Å². The van der Waals surface area contributed by atoms with Crippen LogP contribution in [0.3, 0.4) is 0 Å². The number of rotatable bonds is 4. The van der Waals surface area contributed by atoms with Crippen LogP contribution in [0, 0.1) is 17.8 Å². The van der Waals surface area contributed by atoms with Gasteiger partial charge in [0.1, 0.15) is 6.54 Å². The molecule has 27 heavy (non-hydrogen) atoms. The van der Waals surface area contributed by atoms with Crippen molar-refractivity contribution < 1.29 is 14.3 Å². The molecular formula is C19H29N5O3. The third kappa shape index (κ3) is 4.16. The molecule has 8 nitrogen and oxygen atoms in total. The summed E-state index contributed by atoms with van der Waals surface area (Å²) in [5.41, 5.74) is 6.97. The summed E-state index contributed by atoms with van der Waals surface area (Å²) in [6, 6.07) is 0.261. The first kappa shape index (κ1) is 18.4. The molecule has 2 atom stereocenters. The maximum Gasteiger partial charge on any atom is 0.244 e. The minimum absolute atomic E-state index is 0.0216. The number of aromatic nitrogens is 2. The predicted molar refractivity (Wildman–Crippen MR) is 99.8 cm³/mol. The molecule has 2 unspecified atom stereocenters. The number of hydrogen-bond acceptors (Lipinski definition) is 5. The average Bonchev–Trinajstić information content (AvgIpc) is 3.09. The van der Waals surface area contributed by atoms with Crippen LogP contribution in [0.5, 0.6) is 0 Å². The number of morpholine rings is 1. The largest absolute Gasteiger partial charge is 0.378 e. The normalized spacial score (nSPS) is 30.8. The van der Waals surface area contributed by atoms with E-state index in [1.54, 1.807) is 22.0 Å². The second kappa shape index (κ2) is 7.98. The van der Waals surface area contributed by atoms with Crippen LogP contribution in [0.4, 0.5) is 5.69 Å². The van der Waals surface area contributed by atoms with Crippen molar-refractivity contribution in [2.75, 3.05) is 31.6 Å². The second-order valence-electron chi connectivity index (χ2n) is 8.11. The number of ether oxygens (including phenoxy) is 1. The first-order chi connectivity index (χ1) is 13.1. The van der Waals surface area contributed by atoms with Gasteiger partial charge in [-0.1, -0.05) is 6.42 Å². The molecule has 0 radical (unpaired) electrons. The van der Waals surface area contributed by atoms with Crippen molar-refractivity contribution in [3.63, 3.8) is 0 Å². The smallest absolute Gasteiger partial charge is 0.244 e. The van der Waals surface area contributed by atoms with Crippen LogP contribution in [-0.4, -0.2) is 58.8 Å². The zero-order valence-electron chi connectivity index (χ0n) is 15.7. The molecule has 3 fully saturated rings. The number of fused-ring (bicyclic) bond motifs is 2. The number of nitrogens with zero attached hydrogens (tertiary/aromatic N) is 3. The van der Waals surface area contributed by atoms with Crippen molar-refractivity contribution >= 4 is 17.5 Å². The van der Waals surface area contributed by atoms with E-state index in [1.807, 2.05) is 0 Å². The fraction of sp³-hybridized carbons (Fsp3) is 0.737. The SMILES string of the molecule is NC1C2CCCC1CC(C(=O)Nc1cnn(CC(=O)N3CCOCC3)c1)C2. The Kier molecular flexibility index (Phi) is 5.45. The molecule has 1 aromatic rings. The lowest BCUT2D eigenvalue weighted by atomic mass is 9.65. The zero-order valence-corrected chi connectivity index (χ0v) is 15.7. The lowest BCUT2D eigenvalue weighted by molar-refractivity contribution is -0.136. The molecule has 4 rings (SSSR count). The quantitative estimate of drug-likeness (QED) is 0.812. The monoisotopic (exact) mass is 375 g/mol. The topological polar surface area (TPSA) is 102 Å². The molecule has 2 amide bonds. The molecule has 3 aliphatic rings. The van der Waals surface area contributed by atoms with Crippen molar-refractivity contribution in [1.29, 1.82) is 0 Å². The average molecular weight is 375 g/mol. The highest BCUT2D eigenvalue weighted by Crippen LogP contribution is 2.42. The van der Waals surface area contributed by atoms with E-state index < -0.39 is 0 Å². The second-order valence-corrected chi connectivity index (χ2v) is 8.11. The first-order valence-electron chi connectivity index (χ1n) is 10.0. The van der Waals surface area contributed by atoms with Crippen LogP contribution in [0.2, 0.25) is 0 Å². The van der Waals surface area contributed by atoms with Crippen LogP contribution >= 0.6 is 0 Å². The minimum Gasteiger partial charge on any atom is -0.378 e. The predicted octanol–water partition coefficient (Wildman–Crippen LogP) is 0.834. The molecule has 1 aliphatic heterocycles. The summed E-state index contributed by atoms with van der Waals surface area (Å²) in [6.45, 7) is 2.59. The van der Waals surface area contributed by atoms with Gasteiger partial charge in [0.15, 0.2) is 0 Å².